The summed E-state index contributed by atoms with van der Waals surface area (Å²) in [6.45, 7) is 1.79. The van der Waals surface area contributed by atoms with Gasteiger partial charge in [0, 0.05) is 4.47 Å². The van der Waals surface area contributed by atoms with Crippen LogP contribution in [0.2, 0.25) is 0 Å². The summed E-state index contributed by atoms with van der Waals surface area (Å²) in [7, 11) is 0. The first kappa shape index (κ1) is 10.1. The van der Waals surface area contributed by atoms with E-state index >= 15 is 0 Å². The number of hydrogen-bond donors (Lipinski definition) is 1. The minimum Gasteiger partial charge on any atom is -0.369 e. The van der Waals surface area contributed by atoms with Gasteiger partial charge >= 0.3 is 0 Å². The molecule has 0 aliphatic carbocycles. The molecule has 0 spiro atoms. The second kappa shape index (κ2) is 4.29. The molecule has 1 aromatic rings. The van der Waals surface area contributed by atoms with Gasteiger partial charge in [0.15, 0.2) is 0 Å². The van der Waals surface area contributed by atoms with Crippen LogP contribution in [0.4, 0.5) is 10.1 Å². The molecule has 1 N–H and O–H groups in total. The third-order valence-corrected chi connectivity index (χ3v) is 2.04. The lowest BCUT2D eigenvalue weighted by Crippen LogP contribution is -2.13. The van der Waals surface area contributed by atoms with Crippen LogP contribution in [0.1, 0.15) is 6.92 Å². The molecule has 1 aromatic carbocycles. The summed E-state index contributed by atoms with van der Waals surface area (Å²) in [6.07, 6.45) is 5.16. The third-order valence-electron chi connectivity index (χ3n) is 1.55. The molecule has 3 heteroatoms. The van der Waals surface area contributed by atoms with E-state index in [0.29, 0.717) is 5.69 Å². The first-order valence-corrected chi connectivity index (χ1v) is 4.60. The van der Waals surface area contributed by atoms with Crippen molar-refractivity contribution in [3.63, 3.8) is 0 Å². The topological polar surface area (TPSA) is 12.0 Å². The van der Waals surface area contributed by atoms with Crippen molar-refractivity contribution >= 4 is 21.6 Å². The normalized spacial score (nSPS) is 11.8. The summed E-state index contributed by atoms with van der Waals surface area (Å²) in [5.74, 6) is 2.17. The Labute approximate surface area is 85.5 Å². The summed E-state index contributed by atoms with van der Waals surface area (Å²) < 4.78 is 13.9. The first-order valence-electron chi connectivity index (χ1n) is 3.81. The SMILES string of the molecule is C#CC(C)Nc1cc(Br)ccc1F. The van der Waals surface area contributed by atoms with Crippen molar-refractivity contribution in [2.24, 2.45) is 0 Å². The standard InChI is InChI=1S/C10H9BrFN/c1-3-7(2)13-10-6-8(11)4-5-9(10)12/h1,4-7,13H,2H3. The molecule has 0 bridgehead atoms. The molecule has 0 fully saturated rings. The van der Waals surface area contributed by atoms with Gasteiger partial charge in [-0.15, -0.1) is 6.42 Å². The van der Waals surface area contributed by atoms with Gasteiger partial charge < -0.3 is 5.32 Å². The van der Waals surface area contributed by atoms with Gasteiger partial charge in [-0.2, -0.15) is 0 Å². The molecule has 1 rings (SSSR count). The van der Waals surface area contributed by atoms with Crippen LogP contribution < -0.4 is 5.32 Å². The van der Waals surface area contributed by atoms with Gasteiger partial charge in [0.1, 0.15) is 5.82 Å². The predicted molar refractivity (Wildman–Crippen MR) is 56.0 cm³/mol. The van der Waals surface area contributed by atoms with Crippen molar-refractivity contribution in [3.05, 3.63) is 28.5 Å². The molecule has 13 heavy (non-hydrogen) atoms. The van der Waals surface area contributed by atoms with Gasteiger partial charge in [-0.05, 0) is 25.1 Å². The Morgan fingerprint density at radius 3 is 2.92 bits per heavy atom. The van der Waals surface area contributed by atoms with E-state index in [1.54, 1.807) is 19.1 Å². The van der Waals surface area contributed by atoms with Gasteiger partial charge in [-0.3, -0.25) is 0 Å². The van der Waals surface area contributed by atoms with E-state index in [0.717, 1.165) is 4.47 Å². The average molecular weight is 242 g/mol. The Kier molecular flexibility index (Phi) is 3.32. The van der Waals surface area contributed by atoms with E-state index in [1.807, 2.05) is 0 Å². The maximum absolute atomic E-state index is 13.1. The second-order valence-corrected chi connectivity index (χ2v) is 3.57. The van der Waals surface area contributed by atoms with Gasteiger partial charge in [-0.1, -0.05) is 21.9 Å². The van der Waals surface area contributed by atoms with Gasteiger partial charge in [0.2, 0.25) is 0 Å². The highest BCUT2D eigenvalue weighted by molar-refractivity contribution is 9.10. The monoisotopic (exact) mass is 241 g/mol. The fourth-order valence-electron chi connectivity index (χ4n) is 0.883. The summed E-state index contributed by atoms with van der Waals surface area (Å²) in [5, 5.41) is 2.86. The molecule has 1 atom stereocenters. The molecule has 0 saturated heterocycles. The highest BCUT2D eigenvalue weighted by Crippen LogP contribution is 2.20. The van der Waals surface area contributed by atoms with Crippen molar-refractivity contribution in [1.29, 1.82) is 0 Å². The maximum atomic E-state index is 13.1. The quantitative estimate of drug-likeness (QED) is 0.786. The molecule has 0 aromatic heterocycles. The highest BCUT2D eigenvalue weighted by atomic mass is 79.9. The minimum atomic E-state index is -0.301. The highest BCUT2D eigenvalue weighted by Gasteiger charge is 2.03. The Hall–Kier alpha value is -1.01. The van der Waals surface area contributed by atoms with Gasteiger partial charge in [0.05, 0.1) is 11.7 Å². The number of anilines is 1. The lowest BCUT2D eigenvalue weighted by molar-refractivity contribution is 0.629. The lowest BCUT2D eigenvalue weighted by atomic mass is 10.2. The molecule has 68 valence electrons. The number of benzene rings is 1. The smallest absolute Gasteiger partial charge is 0.146 e. The number of nitrogens with one attached hydrogen (secondary N) is 1. The van der Waals surface area contributed by atoms with Crippen LogP contribution >= 0.6 is 15.9 Å². The fraction of sp³-hybridized carbons (Fsp3) is 0.200. The van der Waals surface area contributed by atoms with Crippen LogP contribution in [0.5, 0.6) is 0 Å². The fourth-order valence-corrected chi connectivity index (χ4v) is 1.24. The van der Waals surface area contributed by atoms with Crippen LogP contribution in [0.15, 0.2) is 22.7 Å². The Morgan fingerprint density at radius 1 is 1.62 bits per heavy atom. The molecule has 0 aliphatic heterocycles. The predicted octanol–water partition coefficient (Wildman–Crippen LogP) is 3.02. The Bertz CT molecular complexity index is 343. The van der Waals surface area contributed by atoms with Crippen molar-refractivity contribution in [1.82, 2.24) is 0 Å². The van der Waals surface area contributed by atoms with Crippen LogP contribution in [0, 0.1) is 18.2 Å². The van der Waals surface area contributed by atoms with Gasteiger partial charge in [0.25, 0.3) is 0 Å². The second-order valence-electron chi connectivity index (χ2n) is 2.66. The zero-order valence-corrected chi connectivity index (χ0v) is 8.73. The average Bonchev–Trinajstić information content (AvgIpc) is 2.11. The molecule has 0 radical (unpaired) electrons. The minimum absolute atomic E-state index is 0.177. The number of halogens is 2. The van der Waals surface area contributed by atoms with E-state index in [4.69, 9.17) is 6.42 Å². The first-order chi connectivity index (χ1) is 6.13. The van der Waals surface area contributed by atoms with E-state index < -0.39 is 0 Å². The molecule has 1 nitrogen and oxygen atoms in total. The molecule has 0 heterocycles. The van der Waals surface area contributed by atoms with Crippen LogP contribution in [0.25, 0.3) is 0 Å². The van der Waals surface area contributed by atoms with Gasteiger partial charge in [-0.25, -0.2) is 4.39 Å². The maximum Gasteiger partial charge on any atom is 0.146 e. The van der Waals surface area contributed by atoms with E-state index in [-0.39, 0.29) is 11.9 Å². The largest absolute Gasteiger partial charge is 0.369 e. The Morgan fingerprint density at radius 2 is 2.31 bits per heavy atom. The summed E-state index contributed by atoms with van der Waals surface area (Å²) >= 11 is 3.25. The molecule has 0 amide bonds. The van der Waals surface area contributed by atoms with E-state index in [1.165, 1.54) is 6.07 Å². The summed E-state index contributed by atoms with van der Waals surface area (Å²) in [6, 6.07) is 4.50. The van der Waals surface area contributed by atoms with Crippen LogP contribution in [0.3, 0.4) is 0 Å². The number of hydrogen-bond acceptors (Lipinski definition) is 1. The van der Waals surface area contributed by atoms with Crippen LogP contribution in [-0.2, 0) is 0 Å². The number of rotatable bonds is 2. The zero-order chi connectivity index (χ0) is 9.84. The zero-order valence-electron chi connectivity index (χ0n) is 7.14. The number of terminal acetylenes is 1. The van der Waals surface area contributed by atoms with Crippen LogP contribution in [-0.4, -0.2) is 6.04 Å². The Balaban J connectivity index is 2.88. The summed E-state index contributed by atoms with van der Waals surface area (Å²) in [5.41, 5.74) is 0.417. The van der Waals surface area contributed by atoms with Crippen molar-refractivity contribution < 1.29 is 4.39 Å². The van der Waals surface area contributed by atoms with E-state index in [9.17, 15) is 4.39 Å². The lowest BCUT2D eigenvalue weighted by Gasteiger charge is -2.10. The molecule has 0 aliphatic rings. The molecule has 1 unspecified atom stereocenters. The van der Waals surface area contributed by atoms with Crippen molar-refractivity contribution in [2.45, 2.75) is 13.0 Å². The molecular formula is C10H9BrFN. The molecule has 0 saturated carbocycles. The van der Waals surface area contributed by atoms with Crippen molar-refractivity contribution in [2.75, 3.05) is 5.32 Å². The third kappa shape index (κ3) is 2.74. The van der Waals surface area contributed by atoms with Crippen molar-refractivity contribution in [3.8, 4) is 12.3 Å². The summed E-state index contributed by atoms with van der Waals surface area (Å²) in [4.78, 5) is 0. The molecular weight excluding hydrogens is 233 g/mol. The van der Waals surface area contributed by atoms with E-state index in [2.05, 4.69) is 27.2 Å².